The maximum absolute atomic E-state index is 12.4. The van der Waals surface area contributed by atoms with Crippen molar-refractivity contribution in [3.05, 3.63) is 53.6 Å². The lowest BCUT2D eigenvalue weighted by Gasteiger charge is -2.33. The fourth-order valence-electron chi connectivity index (χ4n) is 2.43. The Kier molecular flexibility index (Phi) is 3.29. The Bertz CT molecular complexity index is 679. The number of fused-ring (bicyclic) bond motifs is 1. The number of carbonyl (C=O) groups excluding carboxylic acids is 1. The molecule has 3 rings (SSSR count). The number of hydrogen-bond acceptors (Lipinski definition) is 3. The molecular formula is C17H17NO3. The van der Waals surface area contributed by atoms with Crippen molar-refractivity contribution in [3.63, 3.8) is 0 Å². The normalized spacial score (nSPS) is 17.3. The van der Waals surface area contributed by atoms with Gasteiger partial charge in [-0.15, -0.1) is 0 Å². The predicted molar refractivity (Wildman–Crippen MR) is 80.6 cm³/mol. The summed E-state index contributed by atoms with van der Waals surface area (Å²) in [6, 6.07) is 12.9. The first-order chi connectivity index (χ1) is 10.0. The SMILES string of the molecule is Cc1ccc(CN2C(=O)C(C)Oc3ccc(O)cc32)cc1. The average Bonchev–Trinajstić information content (AvgIpc) is 2.47. The van der Waals surface area contributed by atoms with Crippen LogP contribution in [0.3, 0.4) is 0 Å². The number of anilines is 1. The Balaban J connectivity index is 1.98. The summed E-state index contributed by atoms with van der Waals surface area (Å²) < 4.78 is 5.58. The van der Waals surface area contributed by atoms with Crippen LogP contribution in [0.4, 0.5) is 5.69 Å². The highest BCUT2D eigenvalue weighted by Crippen LogP contribution is 2.37. The summed E-state index contributed by atoms with van der Waals surface area (Å²) in [6.45, 7) is 4.22. The zero-order valence-corrected chi connectivity index (χ0v) is 12.0. The van der Waals surface area contributed by atoms with E-state index in [9.17, 15) is 9.90 Å². The van der Waals surface area contributed by atoms with Gasteiger partial charge in [0.05, 0.1) is 12.2 Å². The molecule has 0 spiro atoms. The van der Waals surface area contributed by atoms with Gasteiger partial charge in [0, 0.05) is 6.07 Å². The summed E-state index contributed by atoms with van der Waals surface area (Å²) in [4.78, 5) is 14.1. The molecule has 2 aromatic rings. The zero-order chi connectivity index (χ0) is 15.0. The summed E-state index contributed by atoms with van der Waals surface area (Å²) >= 11 is 0. The van der Waals surface area contributed by atoms with Gasteiger partial charge < -0.3 is 14.7 Å². The molecule has 2 aromatic carbocycles. The molecule has 0 bridgehead atoms. The van der Waals surface area contributed by atoms with Crippen LogP contribution >= 0.6 is 0 Å². The van der Waals surface area contributed by atoms with E-state index in [1.54, 1.807) is 30.0 Å². The number of phenols is 1. The van der Waals surface area contributed by atoms with Gasteiger partial charge in [0.25, 0.3) is 5.91 Å². The lowest BCUT2D eigenvalue weighted by Crippen LogP contribution is -2.43. The molecule has 0 saturated carbocycles. The minimum Gasteiger partial charge on any atom is -0.508 e. The highest BCUT2D eigenvalue weighted by molar-refractivity contribution is 5.99. The Morgan fingerprint density at radius 1 is 1.19 bits per heavy atom. The van der Waals surface area contributed by atoms with Crippen LogP contribution in [-0.2, 0) is 11.3 Å². The fraction of sp³-hybridized carbons (Fsp3) is 0.235. The zero-order valence-electron chi connectivity index (χ0n) is 12.0. The van der Waals surface area contributed by atoms with Crippen molar-refractivity contribution in [3.8, 4) is 11.5 Å². The van der Waals surface area contributed by atoms with Crippen LogP contribution in [0.2, 0.25) is 0 Å². The first kappa shape index (κ1) is 13.5. The van der Waals surface area contributed by atoms with Crippen molar-refractivity contribution in [2.24, 2.45) is 0 Å². The van der Waals surface area contributed by atoms with Gasteiger partial charge in [-0.3, -0.25) is 4.79 Å². The van der Waals surface area contributed by atoms with Crippen LogP contribution in [-0.4, -0.2) is 17.1 Å². The molecule has 1 N–H and O–H groups in total. The molecule has 1 heterocycles. The number of carbonyl (C=O) groups is 1. The summed E-state index contributed by atoms with van der Waals surface area (Å²) in [6.07, 6.45) is -0.521. The van der Waals surface area contributed by atoms with Gasteiger partial charge in [-0.2, -0.15) is 0 Å². The molecule has 108 valence electrons. The van der Waals surface area contributed by atoms with Gasteiger partial charge >= 0.3 is 0 Å². The molecular weight excluding hydrogens is 266 g/mol. The minimum atomic E-state index is -0.521. The molecule has 1 aliphatic rings. The summed E-state index contributed by atoms with van der Waals surface area (Å²) in [5.74, 6) is 0.634. The Labute approximate surface area is 123 Å². The summed E-state index contributed by atoms with van der Waals surface area (Å²) in [5, 5.41) is 9.67. The van der Waals surface area contributed by atoms with Gasteiger partial charge in [-0.25, -0.2) is 0 Å². The molecule has 1 aliphatic heterocycles. The molecule has 0 radical (unpaired) electrons. The first-order valence-electron chi connectivity index (χ1n) is 6.91. The third-order valence-electron chi connectivity index (χ3n) is 3.61. The Hall–Kier alpha value is -2.49. The fourth-order valence-corrected chi connectivity index (χ4v) is 2.43. The molecule has 21 heavy (non-hydrogen) atoms. The number of nitrogens with zero attached hydrogens (tertiary/aromatic N) is 1. The topological polar surface area (TPSA) is 49.8 Å². The standard InChI is InChI=1S/C17H17NO3/c1-11-3-5-13(6-4-11)10-18-15-9-14(19)7-8-16(15)21-12(2)17(18)20/h3-9,12,19H,10H2,1-2H3. The van der Waals surface area contributed by atoms with E-state index in [2.05, 4.69) is 0 Å². The molecule has 0 aromatic heterocycles. The van der Waals surface area contributed by atoms with Crippen molar-refractivity contribution in [2.45, 2.75) is 26.5 Å². The third-order valence-corrected chi connectivity index (χ3v) is 3.61. The number of aromatic hydroxyl groups is 1. The van der Waals surface area contributed by atoms with Crippen molar-refractivity contribution >= 4 is 11.6 Å². The first-order valence-corrected chi connectivity index (χ1v) is 6.91. The van der Waals surface area contributed by atoms with Crippen LogP contribution in [0.15, 0.2) is 42.5 Å². The second kappa shape index (κ2) is 5.13. The quantitative estimate of drug-likeness (QED) is 0.921. The van der Waals surface area contributed by atoms with Crippen molar-refractivity contribution < 1.29 is 14.6 Å². The molecule has 4 nitrogen and oxygen atoms in total. The van der Waals surface area contributed by atoms with Gasteiger partial charge in [0.1, 0.15) is 11.5 Å². The smallest absolute Gasteiger partial charge is 0.268 e. The van der Waals surface area contributed by atoms with Gasteiger partial charge in [0.2, 0.25) is 0 Å². The average molecular weight is 283 g/mol. The Morgan fingerprint density at radius 2 is 1.90 bits per heavy atom. The summed E-state index contributed by atoms with van der Waals surface area (Å²) in [5.41, 5.74) is 2.83. The molecule has 4 heteroatoms. The molecule has 1 atom stereocenters. The third kappa shape index (κ3) is 2.57. The van der Waals surface area contributed by atoms with E-state index in [0.29, 0.717) is 18.0 Å². The van der Waals surface area contributed by atoms with Gasteiger partial charge in [-0.05, 0) is 31.5 Å². The largest absolute Gasteiger partial charge is 0.508 e. The lowest BCUT2D eigenvalue weighted by atomic mass is 10.1. The van der Waals surface area contributed by atoms with Crippen molar-refractivity contribution in [2.75, 3.05) is 4.90 Å². The van der Waals surface area contributed by atoms with Gasteiger partial charge in [-0.1, -0.05) is 29.8 Å². The van der Waals surface area contributed by atoms with Crippen LogP contribution in [0, 0.1) is 6.92 Å². The molecule has 1 amide bonds. The number of rotatable bonds is 2. The van der Waals surface area contributed by atoms with E-state index >= 15 is 0 Å². The highest BCUT2D eigenvalue weighted by atomic mass is 16.5. The van der Waals surface area contributed by atoms with E-state index in [-0.39, 0.29) is 11.7 Å². The predicted octanol–water partition coefficient (Wildman–Crippen LogP) is 3.01. The highest BCUT2D eigenvalue weighted by Gasteiger charge is 2.31. The number of hydrogen-bond donors (Lipinski definition) is 1. The molecule has 0 fully saturated rings. The number of benzene rings is 2. The Morgan fingerprint density at radius 3 is 2.62 bits per heavy atom. The van der Waals surface area contributed by atoms with E-state index in [4.69, 9.17) is 4.74 Å². The minimum absolute atomic E-state index is 0.103. The van der Waals surface area contributed by atoms with Crippen LogP contribution in [0.1, 0.15) is 18.1 Å². The van der Waals surface area contributed by atoms with Crippen molar-refractivity contribution in [1.82, 2.24) is 0 Å². The lowest BCUT2D eigenvalue weighted by molar-refractivity contribution is -0.125. The monoisotopic (exact) mass is 283 g/mol. The number of amides is 1. The van der Waals surface area contributed by atoms with Crippen LogP contribution < -0.4 is 9.64 Å². The number of aryl methyl sites for hydroxylation is 1. The maximum atomic E-state index is 12.4. The molecule has 1 unspecified atom stereocenters. The molecule has 0 saturated heterocycles. The van der Waals surface area contributed by atoms with E-state index in [1.165, 1.54) is 5.56 Å². The second-order valence-electron chi connectivity index (χ2n) is 5.32. The van der Waals surface area contributed by atoms with Gasteiger partial charge in [0.15, 0.2) is 6.10 Å². The molecule has 0 aliphatic carbocycles. The van der Waals surface area contributed by atoms with E-state index < -0.39 is 6.10 Å². The summed E-state index contributed by atoms with van der Waals surface area (Å²) in [7, 11) is 0. The van der Waals surface area contributed by atoms with Crippen LogP contribution in [0.5, 0.6) is 11.5 Å². The van der Waals surface area contributed by atoms with E-state index in [1.807, 2.05) is 31.2 Å². The second-order valence-corrected chi connectivity index (χ2v) is 5.32. The number of ether oxygens (including phenoxy) is 1. The van der Waals surface area contributed by atoms with Crippen molar-refractivity contribution in [1.29, 1.82) is 0 Å². The number of phenolic OH excluding ortho intramolecular Hbond substituents is 1. The maximum Gasteiger partial charge on any atom is 0.268 e. The van der Waals surface area contributed by atoms with Crippen LogP contribution in [0.25, 0.3) is 0 Å². The van der Waals surface area contributed by atoms with E-state index in [0.717, 1.165) is 5.56 Å².